The third kappa shape index (κ3) is 2.64. The fourth-order valence-corrected chi connectivity index (χ4v) is 2.09. The van der Waals surface area contributed by atoms with Crippen molar-refractivity contribution in [3.05, 3.63) is 11.6 Å². The molecule has 0 aliphatic carbocycles. The molecule has 1 aliphatic rings. The summed E-state index contributed by atoms with van der Waals surface area (Å²) in [4.78, 5) is 28.6. The molecule has 2 rings (SSSR count). The second-order valence-electron chi connectivity index (χ2n) is 5.96. The number of hydrogen-bond acceptors (Lipinski definition) is 5. The van der Waals surface area contributed by atoms with Gasteiger partial charge in [0.1, 0.15) is 11.9 Å². The largest absolute Gasteiger partial charge is 0.480 e. The summed E-state index contributed by atoms with van der Waals surface area (Å²) in [5, 5.41) is 25.2. The number of amides is 1. The molecule has 1 saturated heterocycles. The van der Waals surface area contributed by atoms with Crippen LogP contribution >= 0.6 is 0 Å². The van der Waals surface area contributed by atoms with Gasteiger partial charge in [-0.05, 0) is 0 Å². The standard InChI is InChI=1S/C12H18N4O4/c1-12(2,3)11-13-8(14-15-11)9(18)16-5-6(17)4-7(16)10(19)20/h6-7,17H,4-5H2,1-3H3,(H,19,20)(H,13,14,15)/t6-,7+/m1/s1. The Morgan fingerprint density at radius 1 is 1.40 bits per heavy atom. The third-order valence-electron chi connectivity index (χ3n) is 3.21. The molecule has 2 heterocycles. The van der Waals surface area contributed by atoms with Gasteiger partial charge < -0.3 is 15.1 Å². The molecule has 2 atom stereocenters. The average molecular weight is 282 g/mol. The first-order valence-electron chi connectivity index (χ1n) is 6.35. The van der Waals surface area contributed by atoms with Crippen LogP contribution in [0.1, 0.15) is 43.6 Å². The van der Waals surface area contributed by atoms with Crippen LogP contribution in [0.25, 0.3) is 0 Å². The number of aliphatic hydroxyl groups excluding tert-OH is 1. The van der Waals surface area contributed by atoms with Crippen molar-refractivity contribution in [1.29, 1.82) is 0 Å². The van der Waals surface area contributed by atoms with Gasteiger partial charge in [0.25, 0.3) is 5.91 Å². The molecule has 0 bridgehead atoms. The van der Waals surface area contributed by atoms with Gasteiger partial charge >= 0.3 is 5.97 Å². The Morgan fingerprint density at radius 3 is 2.55 bits per heavy atom. The molecule has 8 nitrogen and oxygen atoms in total. The van der Waals surface area contributed by atoms with Crippen LogP contribution in [0.2, 0.25) is 0 Å². The fourth-order valence-electron chi connectivity index (χ4n) is 2.09. The van der Waals surface area contributed by atoms with Crippen LogP contribution in [0.3, 0.4) is 0 Å². The lowest BCUT2D eigenvalue weighted by Crippen LogP contribution is -2.41. The molecule has 110 valence electrons. The number of carbonyl (C=O) groups is 2. The Kier molecular flexibility index (Phi) is 3.51. The van der Waals surface area contributed by atoms with Crippen molar-refractivity contribution in [2.75, 3.05) is 6.54 Å². The predicted octanol–water partition coefficient (Wildman–Crippen LogP) is -0.238. The number of H-pyrrole nitrogens is 1. The number of nitrogens with zero attached hydrogens (tertiary/aromatic N) is 3. The number of aromatic nitrogens is 3. The average Bonchev–Trinajstić information content (AvgIpc) is 2.93. The van der Waals surface area contributed by atoms with Crippen LogP contribution in [0.5, 0.6) is 0 Å². The molecule has 0 radical (unpaired) electrons. The quantitative estimate of drug-likeness (QED) is 0.689. The number of hydrogen-bond donors (Lipinski definition) is 3. The van der Waals surface area contributed by atoms with E-state index in [1.54, 1.807) is 0 Å². The molecule has 0 spiro atoms. The maximum atomic E-state index is 12.3. The van der Waals surface area contributed by atoms with E-state index in [1.165, 1.54) is 0 Å². The second-order valence-corrected chi connectivity index (χ2v) is 5.96. The first kappa shape index (κ1) is 14.4. The van der Waals surface area contributed by atoms with Gasteiger partial charge in [-0.25, -0.2) is 9.78 Å². The molecular formula is C12H18N4O4. The van der Waals surface area contributed by atoms with Crippen LogP contribution in [0.4, 0.5) is 0 Å². The van der Waals surface area contributed by atoms with Gasteiger partial charge in [-0.15, -0.1) is 5.10 Å². The van der Waals surface area contributed by atoms with E-state index >= 15 is 0 Å². The van der Waals surface area contributed by atoms with Crippen LogP contribution in [0, 0.1) is 0 Å². The molecule has 0 unspecified atom stereocenters. The number of aliphatic carboxylic acids is 1. The highest BCUT2D eigenvalue weighted by Crippen LogP contribution is 2.21. The molecule has 3 N–H and O–H groups in total. The number of β-amino-alcohol motifs (C(OH)–C–C–N with tert-alkyl or cyclic N) is 1. The minimum atomic E-state index is -1.14. The highest BCUT2D eigenvalue weighted by molar-refractivity contribution is 5.94. The van der Waals surface area contributed by atoms with Gasteiger partial charge in [-0.2, -0.15) is 0 Å². The lowest BCUT2D eigenvalue weighted by Gasteiger charge is -2.19. The monoisotopic (exact) mass is 282 g/mol. The number of carboxylic acids is 1. The van der Waals surface area contributed by atoms with Crippen molar-refractivity contribution < 1.29 is 19.8 Å². The zero-order valence-corrected chi connectivity index (χ0v) is 11.6. The molecule has 0 aromatic carbocycles. The summed E-state index contributed by atoms with van der Waals surface area (Å²) in [6, 6.07) is -1.03. The molecule has 1 aliphatic heterocycles. The van der Waals surface area contributed by atoms with E-state index in [0.29, 0.717) is 5.82 Å². The molecule has 1 fully saturated rings. The van der Waals surface area contributed by atoms with Crippen molar-refractivity contribution in [3.8, 4) is 0 Å². The number of nitrogens with one attached hydrogen (secondary N) is 1. The van der Waals surface area contributed by atoms with Gasteiger partial charge in [0.2, 0.25) is 5.82 Å². The van der Waals surface area contributed by atoms with Crippen LogP contribution in [-0.2, 0) is 10.2 Å². The Morgan fingerprint density at radius 2 is 2.05 bits per heavy atom. The zero-order chi connectivity index (χ0) is 15.1. The SMILES string of the molecule is CC(C)(C)c1nc(C(=O)N2C[C@H](O)C[C@H]2C(=O)O)n[nH]1. The number of rotatable bonds is 2. The van der Waals surface area contributed by atoms with Crippen molar-refractivity contribution in [3.63, 3.8) is 0 Å². The van der Waals surface area contributed by atoms with Gasteiger partial charge in [0, 0.05) is 18.4 Å². The third-order valence-corrected chi connectivity index (χ3v) is 3.21. The molecule has 1 aromatic heterocycles. The number of carboxylic acid groups (broad SMARTS) is 1. The first-order chi connectivity index (χ1) is 9.20. The van der Waals surface area contributed by atoms with Crippen LogP contribution in [0.15, 0.2) is 0 Å². The van der Waals surface area contributed by atoms with Crippen molar-refractivity contribution in [2.45, 2.75) is 44.8 Å². The van der Waals surface area contributed by atoms with E-state index in [4.69, 9.17) is 5.11 Å². The van der Waals surface area contributed by atoms with Gasteiger partial charge in [-0.1, -0.05) is 20.8 Å². The maximum absolute atomic E-state index is 12.3. The fraction of sp³-hybridized carbons (Fsp3) is 0.667. The van der Waals surface area contributed by atoms with E-state index in [1.807, 2.05) is 20.8 Å². The summed E-state index contributed by atoms with van der Waals surface area (Å²) in [5.74, 6) is -1.25. The Labute approximate surface area is 115 Å². The molecule has 1 amide bonds. The summed E-state index contributed by atoms with van der Waals surface area (Å²) >= 11 is 0. The summed E-state index contributed by atoms with van der Waals surface area (Å²) in [7, 11) is 0. The molecule has 0 saturated carbocycles. The van der Waals surface area contributed by atoms with Gasteiger partial charge in [0.05, 0.1) is 6.10 Å². The predicted molar refractivity (Wildman–Crippen MR) is 68.2 cm³/mol. The van der Waals surface area contributed by atoms with E-state index < -0.39 is 24.0 Å². The van der Waals surface area contributed by atoms with Gasteiger partial charge in [-0.3, -0.25) is 9.89 Å². The van der Waals surface area contributed by atoms with E-state index in [-0.39, 0.29) is 24.2 Å². The number of aromatic amines is 1. The van der Waals surface area contributed by atoms with Gasteiger partial charge in [0.15, 0.2) is 0 Å². The molecule has 1 aromatic rings. The van der Waals surface area contributed by atoms with E-state index in [0.717, 1.165) is 4.90 Å². The van der Waals surface area contributed by atoms with Crippen molar-refractivity contribution >= 4 is 11.9 Å². The first-order valence-corrected chi connectivity index (χ1v) is 6.35. The Hall–Kier alpha value is -1.96. The smallest absolute Gasteiger partial charge is 0.326 e. The summed E-state index contributed by atoms with van der Waals surface area (Å²) in [5.41, 5.74) is -0.289. The van der Waals surface area contributed by atoms with Crippen molar-refractivity contribution in [2.24, 2.45) is 0 Å². The lowest BCUT2D eigenvalue weighted by molar-refractivity contribution is -0.141. The molecular weight excluding hydrogens is 264 g/mol. The topological polar surface area (TPSA) is 119 Å². The maximum Gasteiger partial charge on any atom is 0.326 e. The number of aliphatic hydroxyl groups is 1. The Balaban J connectivity index is 2.23. The highest BCUT2D eigenvalue weighted by atomic mass is 16.4. The summed E-state index contributed by atoms with van der Waals surface area (Å²) < 4.78 is 0. The van der Waals surface area contributed by atoms with E-state index in [2.05, 4.69) is 15.2 Å². The minimum absolute atomic E-state index is 0.0187. The van der Waals surface area contributed by atoms with Crippen LogP contribution in [-0.4, -0.2) is 60.9 Å². The Bertz CT molecular complexity index is 534. The minimum Gasteiger partial charge on any atom is -0.480 e. The lowest BCUT2D eigenvalue weighted by atomic mass is 9.96. The zero-order valence-electron chi connectivity index (χ0n) is 11.6. The number of likely N-dealkylation sites (tertiary alicyclic amines) is 1. The molecule has 8 heteroatoms. The molecule has 20 heavy (non-hydrogen) atoms. The normalized spacial score (nSPS) is 23.1. The van der Waals surface area contributed by atoms with Crippen molar-refractivity contribution in [1.82, 2.24) is 20.1 Å². The number of carbonyl (C=O) groups excluding carboxylic acids is 1. The highest BCUT2D eigenvalue weighted by Gasteiger charge is 2.40. The van der Waals surface area contributed by atoms with Crippen LogP contribution < -0.4 is 0 Å². The van der Waals surface area contributed by atoms with E-state index in [9.17, 15) is 14.7 Å². The summed E-state index contributed by atoms with van der Waals surface area (Å²) in [6.07, 6.45) is -0.807. The second kappa shape index (κ2) is 4.86. The summed E-state index contributed by atoms with van der Waals surface area (Å²) in [6.45, 7) is 5.74.